The average molecular weight is 152 g/mol. The van der Waals surface area contributed by atoms with E-state index in [-0.39, 0.29) is 22.9 Å². The molecule has 0 saturated heterocycles. The van der Waals surface area contributed by atoms with Gasteiger partial charge in [0.1, 0.15) is 11.6 Å². The van der Waals surface area contributed by atoms with Gasteiger partial charge in [0.25, 0.3) is 0 Å². The summed E-state index contributed by atoms with van der Waals surface area (Å²) in [6.45, 7) is 2.12. The van der Waals surface area contributed by atoms with E-state index in [1.807, 2.05) is 0 Å². The third-order valence-corrected chi connectivity index (χ3v) is 3.05. The van der Waals surface area contributed by atoms with Gasteiger partial charge in [-0.15, -0.1) is 0 Å². The second-order valence-corrected chi connectivity index (χ2v) is 4.18. The maximum absolute atomic E-state index is 11.3. The lowest BCUT2D eigenvalue weighted by atomic mass is 9.77. The summed E-state index contributed by atoms with van der Waals surface area (Å²) in [6, 6.07) is 0. The van der Waals surface area contributed by atoms with Gasteiger partial charge in [-0.05, 0) is 18.3 Å². The van der Waals surface area contributed by atoms with Crippen molar-refractivity contribution >= 4 is 11.6 Å². The highest BCUT2D eigenvalue weighted by atomic mass is 16.2. The molecule has 60 valence electrons. The first-order valence-electron chi connectivity index (χ1n) is 4.16. The van der Waals surface area contributed by atoms with Crippen molar-refractivity contribution in [1.82, 2.24) is 0 Å². The van der Waals surface area contributed by atoms with Gasteiger partial charge >= 0.3 is 0 Å². The minimum Gasteiger partial charge on any atom is -0.299 e. The van der Waals surface area contributed by atoms with E-state index in [0.717, 1.165) is 12.8 Å². The largest absolute Gasteiger partial charge is 0.299 e. The van der Waals surface area contributed by atoms with Crippen LogP contribution in [0.4, 0.5) is 0 Å². The van der Waals surface area contributed by atoms with Crippen LogP contribution in [0.3, 0.4) is 0 Å². The summed E-state index contributed by atoms with van der Waals surface area (Å²) in [6.07, 6.45) is 3.02. The second-order valence-electron chi connectivity index (χ2n) is 4.18. The minimum absolute atomic E-state index is 0.176. The van der Waals surface area contributed by atoms with Crippen LogP contribution in [0.15, 0.2) is 0 Å². The molecular weight excluding hydrogens is 140 g/mol. The zero-order valence-corrected chi connectivity index (χ0v) is 6.72. The van der Waals surface area contributed by atoms with Crippen LogP contribution in [-0.2, 0) is 9.59 Å². The normalized spacial score (nSPS) is 43.2. The van der Waals surface area contributed by atoms with Gasteiger partial charge in [-0.25, -0.2) is 0 Å². The Bertz CT molecular complexity index is 232. The van der Waals surface area contributed by atoms with E-state index in [0.29, 0.717) is 12.8 Å². The second kappa shape index (κ2) is 1.93. The predicted molar refractivity (Wildman–Crippen MR) is 40.1 cm³/mol. The molecule has 0 aromatic carbocycles. The highest BCUT2D eigenvalue weighted by Crippen LogP contribution is 2.47. The molecule has 11 heavy (non-hydrogen) atoms. The Kier molecular flexibility index (Phi) is 1.23. The van der Waals surface area contributed by atoms with Crippen molar-refractivity contribution in [3.8, 4) is 0 Å². The first-order chi connectivity index (χ1) is 5.11. The van der Waals surface area contributed by atoms with Gasteiger partial charge in [-0.2, -0.15) is 0 Å². The molecule has 2 nitrogen and oxygen atoms in total. The quantitative estimate of drug-likeness (QED) is 0.491. The minimum atomic E-state index is -0.214. The number of rotatable bonds is 0. The lowest BCUT2D eigenvalue weighted by Crippen LogP contribution is -2.24. The predicted octanol–water partition coefficient (Wildman–Crippen LogP) is 1.33. The Morgan fingerprint density at radius 3 is 2.73 bits per heavy atom. The van der Waals surface area contributed by atoms with Crippen LogP contribution in [0.1, 0.15) is 32.6 Å². The van der Waals surface area contributed by atoms with E-state index in [2.05, 4.69) is 6.92 Å². The van der Waals surface area contributed by atoms with E-state index in [1.165, 1.54) is 0 Å². The Morgan fingerprint density at radius 2 is 2.09 bits per heavy atom. The fourth-order valence-corrected chi connectivity index (χ4v) is 2.31. The van der Waals surface area contributed by atoms with Crippen LogP contribution >= 0.6 is 0 Å². The molecule has 2 saturated carbocycles. The molecule has 0 spiro atoms. The van der Waals surface area contributed by atoms with Gasteiger partial charge < -0.3 is 0 Å². The summed E-state index contributed by atoms with van der Waals surface area (Å²) in [5.74, 6) is 0.161. The molecule has 2 fully saturated rings. The maximum Gasteiger partial charge on any atom is 0.143 e. The van der Waals surface area contributed by atoms with Crippen LogP contribution in [0.2, 0.25) is 0 Å². The average Bonchev–Trinajstić information content (AvgIpc) is 2.18. The molecule has 0 unspecified atom stereocenters. The first-order valence-corrected chi connectivity index (χ1v) is 4.16. The lowest BCUT2D eigenvalue weighted by Gasteiger charge is -2.26. The Morgan fingerprint density at radius 1 is 1.36 bits per heavy atom. The molecule has 2 bridgehead atoms. The summed E-state index contributed by atoms with van der Waals surface area (Å²) in [7, 11) is 0. The molecule has 0 radical (unpaired) electrons. The van der Waals surface area contributed by atoms with Gasteiger partial charge in [0.2, 0.25) is 0 Å². The van der Waals surface area contributed by atoms with Gasteiger partial charge in [0.15, 0.2) is 0 Å². The zero-order chi connectivity index (χ0) is 8.06. The van der Waals surface area contributed by atoms with E-state index in [1.54, 1.807) is 0 Å². The third kappa shape index (κ3) is 0.924. The SMILES string of the molecule is C[C@@]12CCC(=O)[C@@H](C1)C(=O)C2. The fraction of sp³-hybridized carbons (Fsp3) is 0.778. The van der Waals surface area contributed by atoms with Crippen LogP contribution in [0.25, 0.3) is 0 Å². The smallest absolute Gasteiger partial charge is 0.143 e. The number of hydrogen-bond acceptors (Lipinski definition) is 2. The van der Waals surface area contributed by atoms with Crippen molar-refractivity contribution in [2.75, 3.05) is 0 Å². The number of Topliss-reactive ketones (excluding diaryl/α,β-unsaturated/α-hetero) is 2. The summed E-state index contributed by atoms with van der Waals surface area (Å²) >= 11 is 0. The monoisotopic (exact) mass is 152 g/mol. The number of hydrogen-bond donors (Lipinski definition) is 0. The Labute approximate surface area is 66.0 Å². The number of carbonyl (C=O) groups excluding carboxylic acids is 2. The Balaban J connectivity index is 2.31. The molecule has 0 heterocycles. The molecule has 2 rings (SSSR count). The van der Waals surface area contributed by atoms with Crippen molar-refractivity contribution in [2.45, 2.75) is 32.6 Å². The van der Waals surface area contributed by atoms with E-state index in [9.17, 15) is 9.59 Å². The number of fused-ring (bicyclic) bond motifs is 2. The summed E-state index contributed by atoms with van der Waals surface area (Å²) < 4.78 is 0. The molecule has 2 heteroatoms. The topological polar surface area (TPSA) is 34.1 Å². The van der Waals surface area contributed by atoms with Crippen molar-refractivity contribution in [3.63, 3.8) is 0 Å². The zero-order valence-electron chi connectivity index (χ0n) is 6.72. The van der Waals surface area contributed by atoms with Gasteiger partial charge in [-0.1, -0.05) is 6.92 Å². The molecule has 2 atom stereocenters. The number of ketones is 2. The summed E-state index contributed by atoms with van der Waals surface area (Å²) in [4.78, 5) is 22.4. The molecular formula is C9H12O2. The van der Waals surface area contributed by atoms with E-state index >= 15 is 0 Å². The maximum atomic E-state index is 11.3. The Hall–Kier alpha value is -0.660. The molecule has 2 aliphatic carbocycles. The van der Waals surface area contributed by atoms with E-state index in [4.69, 9.17) is 0 Å². The molecule has 0 amide bonds. The van der Waals surface area contributed by atoms with Crippen molar-refractivity contribution in [1.29, 1.82) is 0 Å². The third-order valence-electron chi connectivity index (χ3n) is 3.05. The fourth-order valence-electron chi connectivity index (χ4n) is 2.31. The molecule has 0 aromatic heterocycles. The van der Waals surface area contributed by atoms with Gasteiger partial charge in [0, 0.05) is 12.8 Å². The lowest BCUT2D eigenvalue weighted by molar-refractivity contribution is -0.131. The molecule has 0 aliphatic heterocycles. The highest BCUT2D eigenvalue weighted by Gasteiger charge is 2.47. The highest BCUT2D eigenvalue weighted by molar-refractivity contribution is 6.05. The molecule has 0 N–H and O–H groups in total. The van der Waals surface area contributed by atoms with E-state index < -0.39 is 0 Å². The molecule has 2 aliphatic rings. The number of carbonyl (C=O) groups is 2. The van der Waals surface area contributed by atoms with Crippen LogP contribution in [-0.4, -0.2) is 11.6 Å². The van der Waals surface area contributed by atoms with Gasteiger partial charge in [-0.3, -0.25) is 9.59 Å². The van der Waals surface area contributed by atoms with Crippen LogP contribution in [0.5, 0.6) is 0 Å². The van der Waals surface area contributed by atoms with Crippen LogP contribution < -0.4 is 0 Å². The van der Waals surface area contributed by atoms with Crippen molar-refractivity contribution < 1.29 is 9.59 Å². The summed E-state index contributed by atoms with van der Waals surface area (Å²) in [5.41, 5.74) is 0.176. The standard InChI is InChI=1S/C9H12O2/c1-9-3-2-7(10)6(4-9)8(11)5-9/h6H,2-5H2,1H3/t6-,9-/m1/s1. The van der Waals surface area contributed by atoms with Gasteiger partial charge in [0.05, 0.1) is 5.92 Å². The van der Waals surface area contributed by atoms with Crippen molar-refractivity contribution in [3.05, 3.63) is 0 Å². The first kappa shape index (κ1) is 7.01. The van der Waals surface area contributed by atoms with Crippen LogP contribution in [0, 0.1) is 11.3 Å². The summed E-state index contributed by atoms with van der Waals surface area (Å²) in [5, 5.41) is 0. The van der Waals surface area contributed by atoms with Crippen molar-refractivity contribution in [2.24, 2.45) is 11.3 Å². The molecule has 0 aromatic rings.